The minimum Gasteiger partial charge on any atom is -0.353 e. The Kier molecular flexibility index (Phi) is 5.22. The van der Waals surface area contributed by atoms with Crippen LogP contribution in [0.15, 0.2) is 0 Å². The third kappa shape index (κ3) is 4.21. The van der Waals surface area contributed by atoms with Crippen LogP contribution in [0.5, 0.6) is 0 Å². The minimum atomic E-state index is 0.0550. The zero-order chi connectivity index (χ0) is 12.1. The maximum atomic E-state index is 5.78. The second kappa shape index (κ2) is 6.69. The highest BCUT2D eigenvalue weighted by Gasteiger charge is 2.22. The van der Waals surface area contributed by atoms with Gasteiger partial charge in [-0.1, -0.05) is 0 Å². The first-order chi connectivity index (χ1) is 8.25. The van der Waals surface area contributed by atoms with Crippen molar-refractivity contribution in [1.82, 2.24) is 10.2 Å². The van der Waals surface area contributed by atoms with Crippen molar-refractivity contribution in [2.24, 2.45) is 0 Å². The monoisotopic (exact) mass is 242 g/mol. The summed E-state index contributed by atoms with van der Waals surface area (Å²) in [5.41, 5.74) is 0. The summed E-state index contributed by atoms with van der Waals surface area (Å²) in [6.45, 7) is 9.40. The normalized spacial score (nSPS) is 36.0. The molecular formula is C13H26N2O2. The summed E-state index contributed by atoms with van der Waals surface area (Å²) in [6, 6.07) is 1.21. The quantitative estimate of drug-likeness (QED) is 0.803. The van der Waals surface area contributed by atoms with Gasteiger partial charge >= 0.3 is 0 Å². The molecule has 0 aromatic rings. The highest BCUT2D eigenvalue weighted by atomic mass is 16.7. The zero-order valence-corrected chi connectivity index (χ0v) is 11.2. The van der Waals surface area contributed by atoms with Crippen LogP contribution in [0, 0.1) is 0 Å². The Morgan fingerprint density at radius 2 is 2.24 bits per heavy atom. The molecule has 2 aliphatic rings. The molecule has 2 saturated heterocycles. The van der Waals surface area contributed by atoms with Gasteiger partial charge in [0.05, 0.1) is 6.61 Å². The molecule has 4 heteroatoms. The maximum Gasteiger partial charge on any atom is 0.157 e. The van der Waals surface area contributed by atoms with Crippen LogP contribution in [0.1, 0.15) is 33.1 Å². The van der Waals surface area contributed by atoms with E-state index < -0.39 is 0 Å². The molecular weight excluding hydrogens is 216 g/mol. The fourth-order valence-electron chi connectivity index (χ4n) is 2.55. The van der Waals surface area contributed by atoms with Crippen molar-refractivity contribution in [3.05, 3.63) is 0 Å². The van der Waals surface area contributed by atoms with E-state index in [9.17, 15) is 0 Å². The first-order valence-corrected chi connectivity index (χ1v) is 6.96. The second-order valence-electron chi connectivity index (χ2n) is 5.32. The number of ether oxygens (including phenoxy) is 2. The van der Waals surface area contributed by atoms with E-state index in [1.54, 1.807) is 0 Å². The molecule has 0 aliphatic carbocycles. The molecule has 3 unspecified atom stereocenters. The van der Waals surface area contributed by atoms with Crippen LogP contribution in [-0.2, 0) is 9.47 Å². The molecule has 2 fully saturated rings. The standard InChI is InChI=1S/C13H26N2O2/c1-11-10-15(12(2)9-14-11)6-8-17-13-5-3-4-7-16-13/h11-14H,3-10H2,1-2H3. The van der Waals surface area contributed by atoms with E-state index >= 15 is 0 Å². The van der Waals surface area contributed by atoms with Gasteiger partial charge < -0.3 is 14.8 Å². The molecule has 2 aliphatic heterocycles. The number of nitrogens with one attached hydrogen (secondary N) is 1. The van der Waals surface area contributed by atoms with E-state index in [2.05, 4.69) is 24.1 Å². The van der Waals surface area contributed by atoms with Gasteiger partial charge in [0, 0.05) is 38.3 Å². The van der Waals surface area contributed by atoms with Crippen LogP contribution >= 0.6 is 0 Å². The zero-order valence-electron chi connectivity index (χ0n) is 11.2. The molecule has 3 atom stereocenters. The summed E-state index contributed by atoms with van der Waals surface area (Å²) >= 11 is 0. The summed E-state index contributed by atoms with van der Waals surface area (Å²) in [5.74, 6) is 0. The first kappa shape index (κ1) is 13.3. The lowest BCUT2D eigenvalue weighted by Crippen LogP contribution is -2.55. The van der Waals surface area contributed by atoms with Crippen LogP contribution in [-0.4, -0.2) is 56.1 Å². The highest BCUT2D eigenvalue weighted by molar-refractivity contribution is 4.81. The Hall–Kier alpha value is -0.160. The van der Waals surface area contributed by atoms with Gasteiger partial charge in [-0.2, -0.15) is 0 Å². The van der Waals surface area contributed by atoms with Crippen LogP contribution < -0.4 is 5.32 Å². The van der Waals surface area contributed by atoms with E-state index in [4.69, 9.17) is 9.47 Å². The van der Waals surface area contributed by atoms with Gasteiger partial charge in [0.15, 0.2) is 6.29 Å². The smallest absolute Gasteiger partial charge is 0.157 e. The summed E-state index contributed by atoms with van der Waals surface area (Å²) < 4.78 is 11.3. The molecule has 0 saturated carbocycles. The van der Waals surface area contributed by atoms with Crippen LogP contribution in [0.4, 0.5) is 0 Å². The van der Waals surface area contributed by atoms with E-state index in [-0.39, 0.29) is 6.29 Å². The predicted molar refractivity (Wildman–Crippen MR) is 68.0 cm³/mol. The van der Waals surface area contributed by atoms with E-state index in [0.29, 0.717) is 12.1 Å². The van der Waals surface area contributed by atoms with Crippen molar-refractivity contribution in [3.63, 3.8) is 0 Å². The highest BCUT2D eigenvalue weighted by Crippen LogP contribution is 2.14. The van der Waals surface area contributed by atoms with Crippen molar-refractivity contribution in [1.29, 1.82) is 0 Å². The van der Waals surface area contributed by atoms with Crippen LogP contribution in [0.3, 0.4) is 0 Å². The molecule has 100 valence electrons. The summed E-state index contributed by atoms with van der Waals surface area (Å²) in [6.07, 6.45) is 3.55. The van der Waals surface area contributed by atoms with Crippen molar-refractivity contribution in [3.8, 4) is 0 Å². The maximum absolute atomic E-state index is 5.78. The topological polar surface area (TPSA) is 33.7 Å². The number of hydrogen-bond acceptors (Lipinski definition) is 4. The number of hydrogen-bond donors (Lipinski definition) is 1. The SMILES string of the molecule is CC1CN(CCOC2CCCCO2)C(C)CN1. The molecule has 0 aromatic carbocycles. The Labute approximate surface area is 105 Å². The second-order valence-corrected chi connectivity index (χ2v) is 5.32. The number of rotatable bonds is 4. The summed E-state index contributed by atoms with van der Waals surface area (Å²) in [7, 11) is 0. The molecule has 17 heavy (non-hydrogen) atoms. The molecule has 0 radical (unpaired) electrons. The lowest BCUT2D eigenvalue weighted by molar-refractivity contribution is -0.165. The van der Waals surface area contributed by atoms with Crippen LogP contribution in [0.2, 0.25) is 0 Å². The lowest BCUT2D eigenvalue weighted by atomic mass is 10.1. The fraction of sp³-hybridized carbons (Fsp3) is 1.00. The van der Waals surface area contributed by atoms with Crippen molar-refractivity contribution < 1.29 is 9.47 Å². The Morgan fingerprint density at radius 3 is 3.00 bits per heavy atom. The molecule has 0 bridgehead atoms. The molecule has 1 N–H and O–H groups in total. The Balaban J connectivity index is 1.63. The van der Waals surface area contributed by atoms with Crippen molar-refractivity contribution in [2.75, 3.05) is 32.8 Å². The number of nitrogens with zero attached hydrogens (tertiary/aromatic N) is 1. The molecule has 0 spiro atoms. The average molecular weight is 242 g/mol. The molecule has 0 amide bonds. The minimum absolute atomic E-state index is 0.0550. The van der Waals surface area contributed by atoms with E-state index in [1.807, 2.05) is 0 Å². The lowest BCUT2D eigenvalue weighted by Gasteiger charge is -2.37. The molecule has 4 nitrogen and oxygen atoms in total. The predicted octanol–water partition coefficient (Wildman–Crippen LogP) is 1.21. The van der Waals surface area contributed by atoms with Gasteiger partial charge in [0.25, 0.3) is 0 Å². The Morgan fingerprint density at radius 1 is 1.35 bits per heavy atom. The van der Waals surface area contributed by atoms with Crippen LogP contribution in [0.25, 0.3) is 0 Å². The largest absolute Gasteiger partial charge is 0.353 e. The van der Waals surface area contributed by atoms with Gasteiger partial charge in [-0.05, 0) is 33.1 Å². The Bertz CT molecular complexity index is 219. The number of piperazine rings is 1. The molecule has 0 aromatic heterocycles. The van der Waals surface area contributed by atoms with E-state index in [0.717, 1.165) is 39.3 Å². The molecule has 2 heterocycles. The summed E-state index contributed by atoms with van der Waals surface area (Å²) in [5, 5.41) is 3.49. The third-order valence-electron chi connectivity index (χ3n) is 3.71. The van der Waals surface area contributed by atoms with Gasteiger partial charge in [-0.3, -0.25) is 4.90 Å². The van der Waals surface area contributed by atoms with Gasteiger partial charge in [-0.15, -0.1) is 0 Å². The van der Waals surface area contributed by atoms with Gasteiger partial charge in [0.1, 0.15) is 0 Å². The summed E-state index contributed by atoms with van der Waals surface area (Å²) in [4.78, 5) is 2.50. The molecule has 2 rings (SSSR count). The van der Waals surface area contributed by atoms with Crippen molar-refractivity contribution in [2.45, 2.75) is 51.5 Å². The third-order valence-corrected chi connectivity index (χ3v) is 3.71. The van der Waals surface area contributed by atoms with Gasteiger partial charge in [-0.25, -0.2) is 0 Å². The van der Waals surface area contributed by atoms with Gasteiger partial charge in [0.2, 0.25) is 0 Å². The van der Waals surface area contributed by atoms with Crippen molar-refractivity contribution >= 4 is 0 Å². The van der Waals surface area contributed by atoms with E-state index in [1.165, 1.54) is 12.8 Å². The first-order valence-electron chi connectivity index (χ1n) is 6.96. The fourth-order valence-corrected chi connectivity index (χ4v) is 2.55. The average Bonchev–Trinajstić information content (AvgIpc) is 2.35.